The number of rotatable bonds is 15. The van der Waals surface area contributed by atoms with Crippen molar-refractivity contribution < 1.29 is 14.3 Å². The largest absolute Gasteiger partial charge is 0.489 e. The second kappa shape index (κ2) is 14.9. The molecule has 0 spiro atoms. The van der Waals surface area contributed by atoms with Gasteiger partial charge >= 0.3 is 0 Å². The Morgan fingerprint density at radius 2 is 1.74 bits per heavy atom. The molecule has 8 heteroatoms. The average Bonchev–Trinajstić information content (AvgIpc) is 3.43. The van der Waals surface area contributed by atoms with Gasteiger partial charge in [0.15, 0.2) is 0 Å². The van der Waals surface area contributed by atoms with Crippen LogP contribution in [0.3, 0.4) is 0 Å². The topological polar surface area (TPSA) is 88.5 Å². The lowest BCUT2D eigenvalue weighted by molar-refractivity contribution is -0.131. The zero-order valence-corrected chi connectivity index (χ0v) is 23.0. The predicted octanol–water partition coefficient (Wildman–Crippen LogP) is 3.67. The van der Waals surface area contributed by atoms with Crippen molar-refractivity contribution in [3.05, 3.63) is 84.4 Å². The highest BCUT2D eigenvalue weighted by Gasteiger charge is 2.27. The van der Waals surface area contributed by atoms with Crippen molar-refractivity contribution in [1.82, 2.24) is 25.1 Å². The Hall–Kier alpha value is -3.65. The van der Waals surface area contributed by atoms with Gasteiger partial charge in [0.05, 0.1) is 12.4 Å². The first-order chi connectivity index (χ1) is 18.3. The second-order valence-corrected chi connectivity index (χ2v) is 10.2. The van der Waals surface area contributed by atoms with Gasteiger partial charge in [-0.2, -0.15) is 0 Å². The Morgan fingerprint density at radius 1 is 1.00 bits per heavy atom. The van der Waals surface area contributed by atoms with Crippen LogP contribution in [0, 0.1) is 5.92 Å². The lowest BCUT2D eigenvalue weighted by Gasteiger charge is -2.27. The summed E-state index contributed by atoms with van der Waals surface area (Å²) in [7, 11) is 3.79. The number of carbonyl (C=O) groups is 2. The SMILES string of the molecule is CC(C)C[C@H](C(=O)N[C@@H](Cc1ccc(OCc2ccccc2)cc1)C(=O)NCCCn1ccnc1)N(C)C. The Kier molecular flexibility index (Phi) is 11.4. The van der Waals surface area contributed by atoms with Gasteiger partial charge in [-0.3, -0.25) is 14.5 Å². The number of benzene rings is 2. The van der Waals surface area contributed by atoms with Crippen LogP contribution in [0.15, 0.2) is 73.3 Å². The molecule has 0 saturated heterocycles. The van der Waals surface area contributed by atoms with Gasteiger partial charge in [-0.15, -0.1) is 0 Å². The molecule has 0 aliphatic heterocycles. The van der Waals surface area contributed by atoms with E-state index < -0.39 is 6.04 Å². The van der Waals surface area contributed by atoms with Crippen molar-refractivity contribution in [3.63, 3.8) is 0 Å². The van der Waals surface area contributed by atoms with Gasteiger partial charge in [0.25, 0.3) is 0 Å². The zero-order chi connectivity index (χ0) is 27.3. The van der Waals surface area contributed by atoms with E-state index in [0.717, 1.165) is 29.8 Å². The number of hydrogen-bond acceptors (Lipinski definition) is 5. The summed E-state index contributed by atoms with van der Waals surface area (Å²) in [5.41, 5.74) is 2.04. The number of carbonyl (C=O) groups excluding carboxylic acids is 2. The normalized spacial score (nSPS) is 12.8. The monoisotopic (exact) mass is 519 g/mol. The van der Waals surface area contributed by atoms with Gasteiger partial charge in [0.2, 0.25) is 11.8 Å². The van der Waals surface area contributed by atoms with E-state index in [1.807, 2.05) is 84.4 Å². The molecule has 38 heavy (non-hydrogen) atoms. The van der Waals surface area contributed by atoms with E-state index >= 15 is 0 Å². The molecule has 1 aromatic heterocycles. The molecule has 204 valence electrons. The molecule has 0 aliphatic carbocycles. The maximum atomic E-state index is 13.2. The molecular formula is C30H41N5O3. The van der Waals surface area contributed by atoms with Gasteiger partial charge in [-0.05, 0) is 56.1 Å². The summed E-state index contributed by atoms with van der Waals surface area (Å²) < 4.78 is 7.87. The highest BCUT2D eigenvalue weighted by atomic mass is 16.5. The molecule has 0 fully saturated rings. The molecule has 0 unspecified atom stereocenters. The number of likely N-dealkylation sites (N-methyl/N-ethyl adjacent to an activating group) is 1. The molecule has 2 aromatic carbocycles. The number of nitrogens with one attached hydrogen (secondary N) is 2. The van der Waals surface area contributed by atoms with Crippen LogP contribution in [0.4, 0.5) is 0 Å². The molecule has 0 radical (unpaired) electrons. The number of aryl methyl sites for hydroxylation is 1. The fourth-order valence-electron chi connectivity index (χ4n) is 4.19. The van der Waals surface area contributed by atoms with Gasteiger partial charge in [-0.1, -0.05) is 56.3 Å². The number of nitrogens with zero attached hydrogens (tertiary/aromatic N) is 3. The van der Waals surface area contributed by atoms with Crippen LogP contribution in [0.1, 0.15) is 37.8 Å². The van der Waals surface area contributed by atoms with E-state index in [1.165, 1.54) is 0 Å². The summed E-state index contributed by atoms with van der Waals surface area (Å²) in [6.45, 7) is 5.95. The van der Waals surface area contributed by atoms with Crippen LogP contribution in [-0.4, -0.2) is 59.0 Å². The molecule has 0 saturated carbocycles. The van der Waals surface area contributed by atoms with Crippen molar-refractivity contribution >= 4 is 11.8 Å². The smallest absolute Gasteiger partial charge is 0.242 e. The van der Waals surface area contributed by atoms with E-state index in [1.54, 1.807) is 12.5 Å². The Bertz CT molecular complexity index is 1100. The first-order valence-electron chi connectivity index (χ1n) is 13.3. The van der Waals surface area contributed by atoms with Gasteiger partial charge in [0, 0.05) is 31.9 Å². The van der Waals surface area contributed by atoms with E-state index in [-0.39, 0.29) is 17.9 Å². The Morgan fingerprint density at radius 3 is 2.37 bits per heavy atom. The Balaban J connectivity index is 1.63. The molecule has 8 nitrogen and oxygen atoms in total. The van der Waals surface area contributed by atoms with E-state index in [9.17, 15) is 9.59 Å². The number of aromatic nitrogens is 2. The van der Waals surface area contributed by atoms with Crippen LogP contribution in [0.25, 0.3) is 0 Å². The molecule has 1 heterocycles. The lowest BCUT2D eigenvalue weighted by Crippen LogP contribution is -2.53. The zero-order valence-electron chi connectivity index (χ0n) is 23.0. The summed E-state index contributed by atoms with van der Waals surface area (Å²) in [4.78, 5) is 32.4. The minimum Gasteiger partial charge on any atom is -0.489 e. The summed E-state index contributed by atoms with van der Waals surface area (Å²) in [6.07, 6.45) is 7.26. The van der Waals surface area contributed by atoms with Crippen LogP contribution in [-0.2, 0) is 29.2 Å². The highest BCUT2D eigenvalue weighted by Crippen LogP contribution is 2.16. The molecule has 3 aromatic rings. The molecule has 0 aliphatic rings. The number of amides is 2. The van der Waals surface area contributed by atoms with Gasteiger partial charge in [-0.25, -0.2) is 4.98 Å². The minimum absolute atomic E-state index is 0.134. The van der Waals surface area contributed by atoms with E-state index in [0.29, 0.717) is 31.9 Å². The van der Waals surface area contributed by atoms with Crippen LogP contribution < -0.4 is 15.4 Å². The lowest BCUT2D eigenvalue weighted by atomic mass is 10.0. The van der Waals surface area contributed by atoms with Crippen molar-refractivity contribution in [3.8, 4) is 5.75 Å². The number of imidazole rings is 1. The van der Waals surface area contributed by atoms with Crippen LogP contribution in [0.2, 0.25) is 0 Å². The summed E-state index contributed by atoms with van der Waals surface area (Å²) in [5, 5.41) is 6.03. The molecule has 2 N–H and O–H groups in total. The van der Waals surface area contributed by atoms with E-state index in [2.05, 4.69) is 29.5 Å². The van der Waals surface area contributed by atoms with Crippen molar-refractivity contribution in [2.45, 2.75) is 58.3 Å². The fraction of sp³-hybridized carbons (Fsp3) is 0.433. The molecule has 0 bridgehead atoms. The number of ether oxygens (including phenoxy) is 1. The summed E-state index contributed by atoms with van der Waals surface area (Å²) >= 11 is 0. The van der Waals surface area contributed by atoms with Crippen LogP contribution >= 0.6 is 0 Å². The second-order valence-electron chi connectivity index (χ2n) is 10.2. The first-order valence-corrected chi connectivity index (χ1v) is 13.3. The quantitative estimate of drug-likeness (QED) is 0.299. The molecule has 2 atom stereocenters. The summed E-state index contributed by atoms with van der Waals surface area (Å²) in [6, 6.07) is 16.7. The maximum absolute atomic E-state index is 13.2. The standard InChI is InChI=1S/C30H41N5O3/c1-23(2)19-28(34(3)4)30(37)33-27(29(36)32-15-8-17-35-18-16-31-22-35)20-24-11-13-26(14-12-24)38-21-25-9-6-5-7-10-25/h5-7,9-14,16,18,22-23,27-28H,8,15,17,19-21H2,1-4H3,(H,32,36)(H,33,37)/t27-,28+/m0/s1. The number of hydrogen-bond donors (Lipinski definition) is 2. The maximum Gasteiger partial charge on any atom is 0.242 e. The highest BCUT2D eigenvalue weighted by molar-refractivity contribution is 5.90. The van der Waals surface area contributed by atoms with Crippen LogP contribution in [0.5, 0.6) is 5.75 Å². The van der Waals surface area contributed by atoms with E-state index in [4.69, 9.17) is 4.74 Å². The molecular weight excluding hydrogens is 478 g/mol. The van der Waals surface area contributed by atoms with Gasteiger partial charge < -0.3 is 19.9 Å². The summed E-state index contributed by atoms with van der Waals surface area (Å²) in [5.74, 6) is 0.791. The first kappa shape index (κ1) is 28.9. The average molecular weight is 520 g/mol. The fourth-order valence-corrected chi connectivity index (χ4v) is 4.19. The van der Waals surface area contributed by atoms with Gasteiger partial charge in [0.1, 0.15) is 18.4 Å². The third kappa shape index (κ3) is 9.67. The van der Waals surface area contributed by atoms with Crippen molar-refractivity contribution in [2.75, 3.05) is 20.6 Å². The predicted molar refractivity (Wildman–Crippen MR) is 150 cm³/mol. The third-order valence-electron chi connectivity index (χ3n) is 6.32. The van der Waals surface area contributed by atoms with Crippen molar-refractivity contribution in [2.24, 2.45) is 5.92 Å². The van der Waals surface area contributed by atoms with Crippen molar-refractivity contribution in [1.29, 1.82) is 0 Å². The third-order valence-corrected chi connectivity index (χ3v) is 6.32. The minimum atomic E-state index is -0.679. The Labute approximate surface area is 226 Å². The molecule has 2 amide bonds. The molecule has 3 rings (SSSR count).